The Morgan fingerprint density at radius 1 is 1.64 bits per heavy atom. The van der Waals surface area contributed by atoms with E-state index >= 15 is 0 Å². The van der Waals surface area contributed by atoms with E-state index in [9.17, 15) is 0 Å². The van der Waals surface area contributed by atoms with E-state index in [4.69, 9.17) is 29.6 Å². The molecule has 0 aromatic carbocycles. The summed E-state index contributed by atoms with van der Waals surface area (Å²) < 4.78 is -0.433. The highest BCUT2D eigenvalue weighted by atomic mass is 35.5. The fourth-order valence-electron chi connectivity index (χ4n) is 1.02. The third-order valence-electron chi connectivity index (χ3n) is 1.85. The third-order valence-corrected chi connectivity index (χ3v) is 2.78. The lowest BCUT2D eigenvalue weighted by atomic mass is 10.3. The van der Waals surface area contributed by atoms with Crippen LogP contribution in [0.4, 0.5) is 0 Å². The van der Waals surface area contributed by atoms with Gasteiger partial charge in [-0.25, -0.2) is 0 Å². The van der Waals surface area contributed by atoms with Crippen LogP contribution in [0.5, 0.6) is 0 Å². The molecular formula is C8H11Cl2N. The normalized spacial score (nSPS) is 26.1. The number of nitrogens with one attached hydrogen (secondary N) is 1. The average Bonchev–Trinajstić information content (AvgIpc) is 2.52. The number of alkyl halides is 2. The van der Waals surface area contributed by atoms with E-state index in [0.717, 1.165) is 19.4 Å². The highest BCUT2D eigenvalue weighted by Gasteiger charge is 2.50. The Morgan fingerprint density at radius 3 is 2.73 bits per heavy atom. The molecule has 0 saturated heterocycles. The number of hydrogen-bond acceptors (Lipinski definition) is 1. The van der Waals surface area contributed by atoms with Gasteiger partial charge in [-0.1, -0.05) is 5.92 Å². The lowest BCUT2D eigenvalue weighted by Crippen LogP contribution is -2.16. The van der Waals surface area contributed by atoms with Gasteiger partial charge < -0.3 is 5.32 Å². The molecule has 0 aliphatic heterocycles. The minimum absolute atomic E-state index is 0.433. The van der Waals surface area contributed by atoms with Gasteiger partial charge in [0.2, 0.25) is 0 Å². The molecule has 62 valence electrons. The zero-order chi connectivity index (χ0) is 8.32. The SMILES string of the molecule is C#CCNCCC1CC1(Cl)Cl. The van der Waals surface area contributed by atoms with Crippen LogP contribution in [0, 0.1) is 18.3 Å². The van der Waals surface area contributed by atoms with E-state index in [1.807, 2.05) is 0 Å². The standard InChI is InChI=1S/C8H11Cl2N/c1-2-4-11-5-3-7-6-8(7,9)10/h1,7,11H,3-6H2. The van der Waals surface area contributed by atoms with E-state index in [2.05, 4.69) is 11.2 Å². The molecule has 1 saturated carbocycles. The topological polar surface area (TPSA) is 12.0 Å². The maximum absolute atomic E-state index is 5.82. The number of hydrogen-bond donors (Lipinski definition) is 1. The van der Waals surface area contributed by atoms with Crippen molar-refractivity contribution in [3.05, 3.63) is 0 Å². The summed E-state index contributed by atoms with van der Waals surface area (Å²) in [6, 6.07) is 0. The summed E-state index contributed by atoms with van der Waals surface area (Å²) >= 11 is 11.6. The molecule has 11 heavy (non-hydrogen) atoms. The molecule has 0 bridgehead atoms. The van der Waals surface area contributed by atoms with Gasteiger partial charge in [-0.2, -0.15) is 0 Å². The molecule has 3 heteroatoms. The van der Waals surface area contributed by atoms with Gasteiger partial charge >= 0.3 is 0 Å². The first kappa shape index (κ1) is 9.19. The number of halogens is 2. The van der Waals surface area contributed by atoms with Gasteiger partial charge in [0.1, 0.15) is 4.33 Å². The Kier molecular flexibility index (Phi) is 3.06. The summed E-state index contributed by atoms with van der Waals surface area (Å²) in [5.74, 6) is 2.97. The predicted octanol–water partition coefficient (Wildman–Crippen LogP) is 1.79. The zero-order valence-electron chi connectivity index (χ0n) is 6.24. The molecule has 1 unspecified atom stereocenters. The predicted molar refractivity (Wildman–Crippen MR) is 48.9 cm³/mol. The van der Waals surface area contributed by atoms with Crippen molar-refractivity contribution in [2.75, 3.05) is 13.1 Å². The van der Waals surface area contributed by atoms with Crippen molar-refractivity contribution in [3.8, 4) is 12.3 Å². The van der Waals surface area contributed by atoms with Crippen molar-refractivity contribution in [3.63, 3.8) is 0 Å². The molecular weight excluding hydrogens is 181 g/mol. The van der Waals surface area contributed by atoms with Crippen LogP contribution >= 0.6 is 23.2 Å². The Labute approximate surface area is 77.4 Å². The van der Waals surface area contributed by atoms with Crippen LogP contribution in [-0.2, 0) is 0 Å². The van der Waals surface area contributed by atoms with Gasteiger partial charge in [-0.3, -0.25) is 0 Å². The molecule has 0 aromatic heterocycles. The second-order valence-corrected chi connectivity index (χ2v) is 4.37. The summed E-state index contributed by atoms with van der Waals surface area (Å²) in [7, 11) is 0. The van der Waals surface area contributed by atoms with E-state index in [1.54, 1.807) is 0 Å². The van der Waals surface area contributed by atoms with Crippen LogP contribution in [0.3, 0.4) is 0 Å². The quantitative estimate of drug-likeness (QED) is 0.406. The van der Waals surface area contributed by atoms with Crippen molar-refractivity contribution in [2.45, 2.75) is 17.2 Å². The molecule has 0 heterocycles. The summed E-state index contributed by atoms with van der Waals surface area (Å²) in [5.41, 5.74) is 0. The fraction of sp³-hybridized carbons (Fsp3) is 0.750. The highest BCUT2D eigenvalue weighted by Crippen LogP contribution is 2.54. The van der Waals surface area contributed by atoms with Crippen LogP contribution in [-0.4, -0.2) is 17.4 Å². The molecule has 0 radical (unpaired) electrons. The highest BCUT2D eigenvalue weighted by molar-refractivity contribution is 6.50. The molecule has 1 rings (SSSR count). The van der Waals surface area contributed by atoms with Gasteiger partial charge in [0.25, 0.3) is 0 Å². The van der Waals surface area contributed by atoms with E-state index in [-0.39, 0.29) is 0 Å². The number of terminal acetylenes is 1. The van der Waals surface area contributed by atoms with Crippen LogP contribution in [0.1, 0.15) is 12.8 Å². The molecule has 1 atom stereocenters. The Hall–Kier alpha value is 0.100. The van der Waals surface area contributed by atoms with Gasteiger partial charge in [-0.05, 0) is 25.3 Å². The Morgan fingerprint density at radius 2 is 2.27 bits per heavy atom. The molecule has 0 aromatic rings. The first-order valence-corrected chi connectivity index (χ1v) is 4.44. The Balaban J connectivity index is 1.95. The van der Waals surface area contributed by atoms with Gasteiger partial charge in [-0.15, -0.1) is 29.6 Å². The molecule has 1 nitrogen and oxygen atoms in total. The maximum atomic E-state index is 5.82. The average molecular weight is 192 g/mol. The van der Waals surface area contributed by atoms with Crippen LogP contribution in [0.25, 0.3) is 0 Å². The molecule has 1 fully saturated rings. The van der Waals surface area contributed by atoms with Gasteiger partial charge in [0.05, 0.1) is 6.54 Å². The molecule has 1 N–H and O–H groups in total. The van der Waals surface area contributed by atoms with Crippen molar-refractivity contribution < 1.29 is 0 Å². The second kappa shape index (κ2) is 3.67. The minimum Gasteiger partial charge on any atom is -0.306 e. The van der Waals surface area contributed by atoms with Crippen LogP contribution < -0.4 is 5.32 Å². The lowest BCUT2D eigenvalue weighted by molar-refractivity contribution is 0.644. The van der Waals surface area contributed by atoms with Gasteiger partial charge in [0.15, 0.2) is 0 Å². The van der Waals surface area contributed by atoms with Crippen LogP contribution in [0.15, 0.2) is 0 Å². The Bertz CT molecular complexity index is 171. The van der Waals surface area contributed by atoms with Crippen molar-refractivity contribution in [1.82, 2.24) is 5.32 Å². The summed E-state index contributed by atoms with van der Waals surface area (Å²) in [4.78, 5) is 0. The van der Waals surface area contributed by atoms with Gasteiger partial charge in [0, 0.05) is 0 Å². The van der Waals surface area contributed by atoms with Crippen molar-refractivity contribution in [2.24, 2.45) is 5.92 Å². The molecule has 1 aliphatic carbocycles. The maximum Gasteiger partial charge on any atom is 0.121 e. The molecule has 0 spiro atoms. The number of rotatable bonds is 4. The fourth-order valence-corrected chi connectivity index (χ4v) is 1.61. The minimum atomic E-state index is -0.433. The van der Waals surface area contributed by atoms with Crippen molar-refractivity contribution >= 4 is 23.2 Å². The monoisotopic (exact) mass is 191 g/mol. The zero-order valence-corrected chi connectivity index (χ0v) is 7.75. The summed E-state index contributed by atoms with van der Waals surface area (Å²) in [5, 5.41) is 3.09. The van der Waals surface area contributed by atoms with Crippen LogP contribution in [0.2, 0.25) is 0 Å². The van der Waals surface area contributed by atoms with Crippen molar-refractivity contribution in [1.29, 1.82) is 0 Å². The lowest BCUT2D eigenvalue weighted by Gasteiger charge is -1.99. The molecule has 1 aliphatic rings. The smallest absolute Gasteiger partial charge is 0.121 e. The summed E-state index contributed by atoms with van der Waals surface area (Å²) in [6.45, 7) is 1.54. The first-order chi connectivity index (χ1) is 5.17. The van der Waals surface area contributed by atoms with E-state index < -0.39 is 4.33 Å². The first-order valence-electron chi connectivity index (χ1n) is 3.69. The van der Waals surface area contributed by atoms with E-state index in [0.29, 0.717) is 12.5 Å². The second-order valence-electron chi connectivity index (χ2n) is 2.83. The third kappa shape index (κ3) is 2.91. The largest absolute Gasteiger partial charge is 0.306 e. The molecule has 0 amide bonds. The summed E-state index contributed by atoms with van der Waals surface area (Å²) in [6.07, 6.45) is 7.00. The van der Waals surface area contributed by atoms with E-state index in [1.165, 1.54) is 0 Å².